The molecule has 1 saturated heterocycles. The lowest BCUT2D eigenvalue weighted by molar-refractivity contribution is -0.117. The summed E-state index contributed by atoms with van der Waals surface area (Å²) >= 11 is 0. The van der Waals surface area contributed by atoms with Crippen molar-refractivity contribution in [2.24, 2.45) is 5.92 Å². The molecule has 2 heterocycles. The average Bonchev–Trinajstić information content (AvgIpc) is 3.11. The van der Waals surface area contributed by atoms with E-state index in [0.717, 1.165) is 50.4 Å². The summed E-state index contributed by atoms with van der Waals surface area (Å²) in [6.45, 7) is 6.98. The maximum atomic E-state index is 12.3. The normalized spacial score (nSPS) is 15.6. The number of ketones is 1. The van der Waals surface area contributed by atoms with E-state index < -0.39 is 0 Å². The number of benzene rings is 1. The van der Waals surface area contributed by atoms with Gasteiger partial charge >= 0.3 is 0 Å². The molecule has 6 nitrogen and oxygen atoms in total. The van der Waals surface area contributed by atoms with Crippen LogP contribution in [0.5, 0.6) is 0 Å². The van der Waals surface area contributed by atoms with E-state index in [9.17, 15) is 9.59 Å². The predicted octanol–water partition coefficient (Wildman–Crippen LogP) is 3.00. The lowest BCUT2D eigenvalue weighted by Gasteiger charge is -2.31. The number of imidazole rings is 1. The van der Waals surface area contributed by atoms with Gasteiger partial charge in [0.1, 0.15) is 5.82 Å². The van der Waals surface area contributed by atoms with Crippen molar-refractivity contribution in [1.82, 2.24) is 14.5 Å². The van der Waals surface area contributed by atoms with E-state index in [1.54, 1.807) is 24.3 Å². The number of Topliss-reactive ketones (excluding diaryl/α,β-unsaturated/α-hetero) is 1. The molecular weight excluding hydrogens is 340 g/mol. The molecule has 1 aromatic carbocycles. The number of piperidine rings is 1. The average molecular weight is 368 g/mol. The van der Waals surface area contributed by atoms with Gasteiger partial charge in [-0.3, -0.25) is 14.5 Å². The highest BCUT2D eigenvalue weighted by Crippen LogP contribution is 2.20. The number of likely N-dealkylation sites (tertiary alicyclic amines) is 1. The van der Waals surface area contributed by atoms with Crippen molar-refractivity contribution in [2.75, 3.05) is 25.0 Å². The Kier molecular flexibility index (Phi) is 6.40. The smallest absolute Gasteiger partial charge is 0.238 e. The number of nitrogens with zero attached hydrogens (tertiary/aromatic N) is 3. The third kappa shape index (κ3) is 5.26. The molecule has 1 aromatic heterocycles. The Bertz CT molecular complexity index is 774. The van der Waals surface area contributed by atoms with Crippen molar-refractivity contribution < 1.29 is 9.59 Å². The molecule has 3 rings (SSSR count). The van der Waals surface area contributed by atoms with Crippen LogP contribution in [0.15, 0.2) is 36.7 Å². The highest BCUT2D eigenvalue weighted by molar-refractivity contribution is 5.96. The Hall–Kier alpha value is -2.47. The first-order chi connectivity index (χ1) is 13.0. The first kappa shape index (κ1) is 19.3. The van der Waals surface area contributed by atoms with E-state index in [-0.39, 0.29) is 11.7 Å². The molecule has 1 N–H and O–H groups in total. The molecule has 2 aromatic rings. The molecule has 27 heavy (non-hydrogen) atoms. The number of hydrogen-bond acceptors (Lipinski definition) is 4. The quantitative estimate of drug-likeness (QED) is 0.763. The summed E-state index contributed by atoms with van der Waals surface area (Å²) in [7, 11) is 0. The number of nitrogens with one attached hydrogen (secondary N) is 1. The van der Waals surface area contributed by atoms with Crippen LogP contribution < -0.4 is 5.32 Å². The standard InChI is InChI=1S/C21H28N4O2/c1-3-20-22-10-13-25(20)14-17-8-11-24(12-9-17)15-21(27)23-19-6-4-18(5-7-19)16(2)26/h4-7,10,13,17H,3,8-9,11-12,14-15H2,1-2H3,(H,23,27). The van der Waals surface area contributed by atoms with Crippen LogP contribution in [0.3, 0.4) is 0 Å². The first-order valence-electron chi connectivity index (χ1n) is 9.68. The van der Waals surface area contributed by atoms with Gasteiger partial charge in [0.15, 0.2) is 5.78 Å². The third-order valence-corrected chi connectivity index (χ3v) is 5.22. The Morgan fingerprint density at radius 1 is 1.19 bits per heavy atom. The number of amides is 1. The molecule has 0 spiro atoms. The molecule has 0 aliphatic carbocycles. The van der Waals surface area contributed by atoms with E-state index in [0.29, 0.717) is 18.0 Å². The number of aryl methyl sites for hydroxylation is 1. The minimum absolute atomic E-state index is 0.00750. The highest BCUT2D eigenvalue weighted by Gasteiger charge is 2.21. The summed E-state index contributed by atoms with van der Waals surface area (Å²) in [4.78, 5) is 30.2. The van der Waals surface area contributed by atoms with Crippen molar-refractivity contribution in [2.45, 2.75) is 39.7 Å². The Morgan fingerprint density at radius 3 is 2.52 bits per heavy atom. The van der Waals surface area contributed by atoms with Gasteiger partial charge in [0.2, 0.25) is 5.91 Å². The zero-order chi connectivity index (χ0) is 19.2. The number of carbonyl (C=O) groups is 2. The first-order valence-corrected chi connectivity index (χ1v) is 9.68. The van der Waals surface area contributed by atoms with E-state index in [2.05, 4.69) is 32.9 Å². The summed E-state index contributed by atoms with van der Waals surface area (Å²) in [5, 5.41) is 2.91. The molecule has 1 fully saturated rings. The van der Waals surface area contributed by atoms with Crippen LogP contribution >= 0.6 is 0 Å². The summed E-state index contributed by atoms with van der Waals surface area (Å²) in [5.41, 5.74) is 1.38. The van der Waals surface area contributed by atoms with Gasteiger partial charge in [-0.25, -0.2) is 4.98 Å². The SMILES string of the molecule is CCc1nccn1CC1CCN(CC(=O)Nc2ccc(C(C)=O)cc2)CC1. The monoisotopic (exact) mass is 368 g/mol. The third-order valence-electron chi connectivity index (χ3n) is 5.22. The van der Waals surface area contributed by atoms with Crippen molar-refractivity contribution in [3.63, 3.8) is 0 Å². The molecule has 0 unspecified atom stereocenters. The van der Waals surface area contributed by atoms with E-state index in [1.807, 2.05) is 6.20 Å². The molecule has 1 amide bonds. The van der Waals surface area contributed by atoms with Gasteiger partial charge in [-0.2, -0.15) is 0 Å². The Balaban J connectivity index is 1.43. The number of aromatic nitrogens is 2. The van der Waals surface area contributed by atoms with Crippen LogP contribution in [-0.2, 0) is 17.8 Å². The molecule has 0 radical (unpaired) electrons. The van der Waals surface area contributed by atoms with Gasteiger partial charge in [-0.05, 0) is 63.0 Å². The van der Waals surface area contributed by atoms with Gasteiger partial charge < -0.3 is 9.88 Å². The predicted molar refractivity (Wildman–Crippen MR) is 106 cm³/mol. The minimum Gasteiger partial charge on any atom is -0.335 e. The van der Waals surface area contributed by atoms with Crippen molar-refractivity contribution in [3.05, 3.63) is 48.0 Å². The zero-order valence-corrected chi connectivity index (χ0v) is 16.1. The van der Waals surface area contributed by atoms with Gasteiger partial charge in [0.25, 0.3) is 0 Å². The number of anilines is 1. The zero-order valence-electron chi connectivity index (χ0n) is 16.1. The van der Waals surface area contributed by atoms with Crippen LogP contribution in [0.4, 0.5) is 5.69 Å². The fraction of sp³-hybridized carbons (Fsp3) is 0.476. The topological polar surface area (TPSA) is 67.2 Å². The van der Waals surface area contributed by atoms with E-state index in [1.165, 1.54) is 6.92 Å². The fourth-order valence-electron chi connectivity index (χ4n) is 3.62. The van der Waals surface area contributed by atoms with Crippen molar-refractivity contribution in [3.8, 4) is 0 Å². The van der Waals surface area contributed by atoms with Crippen LogP contribution in [-0.4, -0.2) is 45.8 Å². The lowest BCUT2D eigenvalue weighted by atomic mass is 9.96. The summed E-state index contributed by atoms with van der Waals surface area (Å²) in [6.07, 6.45) is 7.10. The van der Waals surface area contributed by atoms with Gasteiger partial charge in [0, 0.05) is 36.6 Å². The molecular formula is C21H28N4O2. The Morgan fingerprint density at radius 2 is 1.89 bits per heavy atom. The lowest BCUT2D eigenvalue weighted by Crippen LogP contribution is -2.40. The summed E-state index contributed by atoms with van der Waals surface area (Å²) in [5.74, 6) is 1.81. The number of rotatable bonds is 7. The Labute approximate surface area is 160 Å². The second-order valence-corrected chi connectivity index (χ2v) is 7.25. The molecule has 1 aliphatic rings. The minimum atomic E-state index is -0.00750. The largest absolute Gasteiger partial charge is 0.335 e. The van der Waals surface area contributed by atoms with Crippen molar-refractivity contribution >= 4 is 17.4 Å². The van der Waals surface area contributed by atoms with Gasteiger partial charge in [-0.15, -0.1) is 0 Å². The fourth-order valence-corrected chi connectivity index (χ4v) is 3.62. The van der Waals surface area contributed by atoms with Crippen LogP contribution in [0.1, 0.15) is 42.9 Å². The second kappa shape index (κ2) is 8.95. The van der Waals surface area contributed by atoms with Crippen LogP contribution in [0.2, 0.25) is 0 Å². The van der Waals surface area contributed by atoms with Gasteiger partial charge in [0.05, 0.1) is 6.54 Å². The van der Waals surface area contributed by atoms with E-state index >= 15 is 0 Å². The van der Waals surface area contributed by atoms with E-state index in [4.69, 9.17) is 0 Å². The maximum Gasteiger partial charge on any atom is 0.238 e. The van der Waals surface area contributed by atoms with Crippen molar-refractivity contribution in [1.29, 1.82) is 0 Å². The number of hydrogen-bond donors (Lipinski definition) is 1. The molecule has 6 heteroatoms. The second-order valence-electron chi connectivity index (χ2n) is 7.25. The molecule has 1 aliphatic heterocycles. The molecule has 0 bridgehead atoms. The van der Waals surface area contributed by atoms with Gasteiger partial charge in [-0.1, -0.05) is 6.92 Å². The maximum absolute atomic E-state index is 12.3. The molecule has 0 saturated carbocycles. The summed E-state index contributed by atoms with van der Waals surface area (Å²) in [6, 6.07) is 7.03. The molecule has 144 valence electrons. The number of carbonyl (C=O) groups excluding carboxylic acids is 2. The van der Waals surface area contributed by atoms with Crippen LogP contribution in [0, 0.1) is 5.92 Å². The van der Waals surface area contributed by atoms with Crippen LogP contribution in [0.25, 0.3) is 0 Å². The highest BCUT2D eigenvalue weighted by atomic mass is 16.2. The summed E-state index contributed by atoms with van der Waals surface area (Å²) < 4.78 is 2.26. The molecule has 0 atom stereocenters.